The lowest BCUT2D eigenvalue weighted by Crippen LogP contribution is -2.53. The Balaban J connectivity index is 1.40. The van der Waals surface area contributed by atoms with Crippen LogP contribution in [0.15, 0.2) is 23.5 Å². The Labute approximate surface area is 241 Å². The second-order valence-corrected chi connectivity index (χ2v) is 12.5. The van der Waals surface area contributed by atoms with Crippen LogP contribution in [0.25, 0.3) is 0 Å². The van der Waals surface area contributed by atoms with E-state index in [9.17, 15) is 14.7 Å². The molecule has 40 heavy (non-hydrogen) atoms. The van der Waals surface area contributed by atoms with E-state index < -0.39 is 6.23 Å². The molecule has 0 aromatic heterocycles. The van der Waals surface area contributed by atoms with Gasteiger partial charge >= 0.3 is 6.03 Å². The minimum Gasteiger partial charge on any atom is -0.493 e. The van der Waals surface area contributed by atoms with Crippen molar-refractivity contribution in [3.8, 4) is 0 Å². The van der Waals surface area contributed by atoms with Gasteiger partial charge in [-0.2, -0.15) is 0 Å². The summed E-state index contributed by atoms with van der Waals surface area (Å²) in [6.45, 7) is 8.29. The molecule has 226 valence electrons. The average molecular weight is 560 g/mol. The first-order chi connectivity index (χ1) is 19.3. The number of hydrogen-bond donors (Lipinski definition) is 1. The fourth-order valence-electron chi connectivity index (χ4n) is 6.71. The number of amides is 3. The molecule has 0 radical (unpaired) electrons. The molecule has 3 amide bonds. The van der Waals surface area contributed by atoms with Crippen molar-refractivity contribution >= 4 is 11.9 Å². The summed E-state index contributed by atoms with van der Waals surface area (Å²) in [5.74, 6) is 2.29. The number of likely N-dealkylation sites (tertiary alicyclic amines) is 1. The van der Waals surface area contributed by atoms with Crippen molar-refractivity contribution in [3.63, 3.8) is 0 Å². The number of hydrogen-bond acceptors (Lipinski definition) is 6. The van der Waals surface area contributed by atoms with Gasteiger partial charge in [0.25, 0.3) is 0 Å². The number of carbonyl (C=O) groups excluding carboxylic acids is 2. The number of urea groups is 1. The van der Waals surface area contributed by atoms with E-state index in [2.05, 4.69) is 47.9 Å². The SMILES string of the molecule is CCCCN(CCCCN(C)C)C(=O)CN1C[C@H](C2C=C3CCOC3=CC2)C[C@@H]1CCN1CCC(O)N(C)C1=O. The van der Waals surface area contributed by atoms with Crippen molar-refractivity contribution in [2.45, 2.75) is 77.0 Å². The molecule has 1 aliphatic carbocycles. The van der Waals surface area contributed by atoms with Gasteiger partial charge in [-0.15, -0.1) is 0 Å². The first-order valence-electron chi connectivity index (χ1n) is 15.7. The van der Waals surface area contributed by atoms with Gasteiger partial charge in [0, 0.05) is 58.7 Å². The lowest BCUT2D eigenvalue weighted by Gasteiger charge is -2.37. The number of carbonyl (C=O) groups is 2. The number of rotatable bonds is 14. The Kier molecular flexibility index (Phi) is 11.3. The number of unbranched alkanes of at least 4 members (excludes halogenated alkanes) is 2. The number of aliphatic hydroxyl groups is 1. The summed E-state index contributed by atoms with van der Waals surface area (Å²) in [6.07, 6.45) is 12.7. The Morgan fingerprint density at radius 3 is 2.73 bits per heavy atom. The molecule has 0 aromatic rings. The predicted octanol–water partition coefficient (Wildman–Crippen LogP) is 3.36. The summed E-state index contributed by atoms with van der Waals surface area (Å²) < 4.78 is 5.78. The van der Waals surface area contributed by atoms with Gasteiger partial charge in [0.15, 0.2) is 0 Å². The van der Waals surface area contributed by atoms with Crippen molar-refractivity contribution in [3.05, 3.63) is 23.5 Å². The normalized spacial score (nSPS) is 27.1. The van der Waals surface area contributed by atoms with Crippen LogP contribution >= 0.6 is 0 Å². The minimum atomic E-state index is -0.697. The largest absolute Gasteiger partial charge is 0.493 e. The van der Waals surface area contributed by atoms with Gasteiger partial charge < -0.3 is 29.4 Å². The van der Waals surface area contributed by atoms with Crippen LogP contribution in [0, 0.1) is 11.8 Å². The maximum absolute atomic E-state index is 13.7. The van der Waals surface area contributed by atoms with Crippen molar-refractivity contribution in [1.29, 1.82) is 0 Å². The summed E-state index contributed by atoms with van der Waals surface area (Å²) in [4.78, 5) is 36.5. The van der Waals surface area contributed by atoms with E-state index in [4.69, 9.17) is 4.74 Å². The van der Waals surface area contributed by atoms with Gasteiger partial charge in [0.1, 0.15) is 12.0 Å². The summed E-state index contributed by atoms with van der Waals surface area (Å²) in [6, 6.07) is 0.166. The van der Waals surface area contributed by atoms with Crippen LogP contribution in [0.1, 0.15) is 64.7 Å². The van der Waals surface area contributed by atoms with E-state index in [1.54, 1.807) is 7.05 Å². The fraction of sp³-hybridized carbons (Fsp3) is 0.806. The van der Waals surface area contributed by atoms with Crippen molar-refractivity contribution < 1.29 is 19.4 Å². The van der Waals surface area contributed by atoms with Crippen LogP contribution in [0.4, 0.5) is 4.79 Å². The smallest absolute Gasteiger partial charge is 0.321 e. The number of nitrogens with zero attached hydrogens (tertiary/aromatic N) is 5. The molecule has 2 unspecified atom stereocenters. The highest BCUT2D eigenvalue weighted by Crippen LogP contribution is 2.39. The third kappa shape index (κ3) is 8.01. The lowest BCUT2D eigenvalue weighted by atomic mass is 9.82. The molecule has 0 spiro atoms. The zero-order chi connectivity index (χ0) is 28.6. The van der Waals surface area contributed by atoms with Gasteiger partial charge in [-0.05, 0) is 82.6 Å². The summed E-state index contributed by atoms with van der Waals surface area (Å²) in [7, 11) is 5.87. The van der Waals surface area contributed by atoms with Crippen LogP contribution in [0.3, 0.4) is 0 Å². The number of allylic oxidation sites excluding steroid dienone is 3. The van der Waals surface area contributed by atoms with Crippen molar-refractivity contribution in [2.75, 3.05) is 73.6 Å². The molecule has 9 heteroatoms. The molecule has 4 aliphatic rings. The van der Waals surface area contributed by atoms with E-state index in [1.165, 1.54) is 10.5 Å². The second kappa shape index (κ2) is 14.7. The monoisotopic (exact) mass is 559 g/mol. The van der Waals surface area contributed by atoms with Gasteiger partial charge in [0.05, 0.1) is 13.2 Å². The Bertz CT molecular complexity index is 921. The number of ether oxygens (including phenoxy) is 1. The molecule has 4 atom stereocenters. The first-order valence-corrected chi connectivity index (χ1v) is 15.7. The minimum absolute atomic E-state index is 0.102. The van der Waals surface area contributed by atoms with E-state index >= 15 is 0 Å². The molecular formula is C31H53N5O4. The number of aliphatic hydroxyl groups excluding tert-OH is 1. The summed E-state index contributed by atoms with van der Waals surface area (Å²) >= 11 is 0. The van der Waals surface area contributed by atoms with Gasteiger partial charge in [-0.3, -0.25) is 9.69 Å². The van der Waals surface area contributed by atoms with Gasteiger partial charge in [0.2, 0.25) is 5.91 Å². The molecule has 4 rings (SSSR count). The Morgan fingerprint density at radius 1 is 1.18 bits per heavy atom. The van der Waals surface area contributed by atoms with E-state index in [-0.39, 0.29) is 18.0 Å². The lowest BCUT2D eigenvalue weighted by molar-refractivity contribution is -0.133. The number of fused-ring (bicyclic) bond motifs is 1. The topological polar surface area (TPSA) is 79.8 Å². The Hall–Kier alpha value is -2.10. The van der Waals surface area contributed by atoms with Crippen LogP contribution in [0.2, 0.25) is 0 Å². The second-order valence-electron chi connectivity index (χ2n) is 12.5. The van der Waals surface area contributed by atoms with Crippen LogP contribution in [-0.4, -0.2) is 127 Å². The quantitative estimate of drug-likeness (QED) is 0.329. The van der Waals surface area contributed by atoms with Gasteiger partial charge in [-0.25, -0.2) is 4.79 Å². The molecule has 0 saturated carbocycles. The standard InChI is InChI=1S/C31H53N5O4/c1-5-6-15-34(16-8-7-14-32(2)3)30(38)23-36-22-26(24-9-10-28-25(20-24)13-19-40-28)21-27(36)11-17-35-18-12-29(37)33(4)31(35)39/h10,20,24,26-27,29,37H,5-9,11-19,21-23H2,1-4H3/t24?,26-,27+,29?/m1/s1. The van der Waals surface area contributed by atoms with E-state index in [0.29, 0.717) is 37.9 Å². The van der Waals surface area contributed by atoms with Crippen molar-refractivity contribution in [1.82, 2.24) is 24.5 Å². The zero-order valence-corrected chi connectivity index (χ0v) is 25.4. The molecule has 0 aromatic carbocycles. The molecular weight excluding hydrogens is 506 g/mol. The summed E-state index contributed by atoms with van der Waals surface area (Å²) in [5, 5.41) is 10.1. The summed E-state index contributed by atoms with van der Waals surface area (Å²) in [5.41, 5.74) is 1.35. The van der Waals surface area contributed by atoms with Crippen molar-refractivity contribution in [2.24, 2.45) is 11.8 Å². The molecule has 9 nitrogen and oxygen atoms in total. The highest BCUT2D eigenvalue weighted by Gasteiger charge is 2.39. The fourth-order valence-corrected chi connectivity index (χ4v) is 6.71. The van der Waals surface area contributed by atoms with Crippen LogP contribution in [0.5, 0.6) is 0 Å². The molecule has 1 N–H and O–H groups in total. The molecule has 3 aliphatic heterocycles. The average Bonchev–Trinajstić information content (AvgIpc) is 3.57. The Morgan fingerprint density at radius 2 is 1.95 bits per heavy atom. The third-order valence-corrected chi connectivity index (χ3v) is 9.27. The first kappa shape index (κ1) is 30.8. The maximum Gasteiger partial charge on any atom is 0.321 e. The van der Waals surface area contributed by atoms with E-state index in [1.807, 2.05) is 4.90 Å². The highest BCUT2D eigenvalue weighted by atomic mass is 16.5. The van der Waals surface area contributed by atoms with Gasteiger partial charge in [-0.1, -0.05) is 19.4 Å². The third-order valence-electron chi connectivity index (χ3n) is 9.27. The van der Waals surface area contributed by atoms with Crippen LogP contribution in [-0.2, 0) is 9.53 Å². The molecule has 3 saturated heterocycles. The highest BCUT2D eigenvalue weighted by molar-refractivity contribution is 5.78. The predicted molar refractivity (Wildman–Crippen MR) is 158 cm³/mol. The molecule has 3 fully saturated rings. The van der Waals surface area contributed by atoms with Crippen LogP contribution < -0.4 is 0 Å². The zero-order valence-electron chi connectivity index (χ0n) is 25.4. The maximum atomic E-state index is 13.7. The molecule has 3 heterocycles. The van der Waals surface area contributed by atoms with E-state index in [0.717, 1.165) is 89.9 Å². The molecule has 0 bridgehead atoms.